The highest BCUT2D eigenvalue weighted by atomic mass is 32.2. The van der Waals surface area contributed by atoms with Gasteiger partial charge in [0, 0.05) is 24.2 Å². The van der Waals surface area contributed by atoms with E-state index in [-0.39, 0.29) is 36.2 Å². The molecule has 0 amide bonds. The van der Waals surface area contributed by atoms with Gasteiger partial charge in [0.25, 0.3) is 0 Å². The monoisotopic (exact) mass is 483 g/mol. The Bertz CT molecular complexity index is 1230. The summed E-state index contributed by atoms with van der Waals surface area (Å²) in [5.74, 6) is -2.90. The molecular formula is C22H21F4N3O3S. The van der Waals surface area contributed by atoms with Gasteiger partial charge in [0.05, 0.1) is 24.8 Å². The summed E-state index contributed by atoms with van der Waals surface area (Å²) in [6.45, 7) is 1.32. The first-order valence-electron chi connectivity index (χ1n) is 10.1. The van der Waals surface area contributed by atoms with Crippen LogP contribution in [0.15, 0.2) is 46.0 Å². The van der Waals surface area contributed by atoms with Crippen LogP contribution >= 0.6 is 0 Å². The molecule has 2 heterocycles. The van der Waals surface area contributed by atoms with E-state index in [0.29, 0.717) is 5.84 Å². The Labute approximate surface area is 188 Å². The van der Waals surface area contributed by atoms with Gasteiger partial charge >= 0.3 is 0 Å². The smallest absolute Gasteiger partial charge is 0.249 e. The van der Waals surface area contributed by atoms with Crippen LogP contribution in [0.1, 0.15) is 25.0 Å². The lowest BCUT2D eigenvalue weighted by Crippen LogP contribution is -2.32. The lowest BCUT2D eigenvalue weighted by Gasteiger charge is -2.19. The fraction of sp³-hybridized carbons (Fsp3) is 0.364. The fourth-order valence-corrected chi connectivity index (χ4v) is 4.48. The summed E-state index contributed by atoms with van der Waals surface area (Å²) in [6.07, 6.45) is 1.04. The van der Waals surface area contributed by atoms with Gasteiger partial charge in [-0.2, -0.15) is 4.40 Å². The van der Waals surface area contributed by atoms with Crippen molar-refractivity contribution in [1.29, 1.82) is 0 Å². The standard InChI is InChI=1S/C22H21F4N3O3S/c1-22(26)12-29(11-13(22)10-27-33(2,30)31)19-9-18(32-28-19)21-14(5-3-6-17(21)25)20-15(23)7-4-8-16(20)24/h3-8,10,13,18H,9,11-12H2,1-2H3/t13?,18?,22-/m0/s1. The topological polar surface area (TPSA) is 71.3 Å². The van der Waals surface area contributed by atoms with Crippen LogP contribution in [-0.2, 0) is 14.9 Å². The summed E-state index contributed by atoms with van der Waals surface area (Å²) in [5, 5.41) is 3.96. The van der Waals surface area contributed by atoms with Crippen LogP contribution in [-0.4, -0.2) is 50.4 Å². The third-order valence-corrected chi connectivity index (χ3v) is 6.25. The fourth-order valence-electron chi connectivity index (χ4n) is 4.11. The Morgan fingerprint density at radius 2 is 1.79 bits per heavy atom. The maximum atomic E-state index is 15.0. The molecule has 1 saturated heterocycles. The van der Waals surface area contributed by atoms with Crippen molar-refractivity contribution in [1.82, 2.24) is 4.90 Å². The molecule has 2 unspecified atom stereocenters. The van der Waals surface area contributed by atoms with Gasteiger partial charge in [-0.3, -0.25) is 0 Å². The molecule has 1 fully saturated rings. The number of rotatable bonds is 4. The molecule has 6 nitrogen and oxygen atoms in total. The molecule has 0 radical (unpaired) electrons. The molecule has 0 N–H and O–H groups in total. The molecule has 2 aromatic carbocycles. The summed E-state index contributed by atoms with van der Waals surface area (Å²) >= 11 is 0. The number of hydrogen-bond acceptors (Lipinski definition) is 5. The van der Waals surface area contributed by atoms with E-state index in [1.165, 1.54) is 25.1 Å². The molecule has 4 rings (SSSR count). The number of amidine groups is 1. The molecule has 11 heteroatoms. The number of alkyl halides is 1. The minimum Gasteiger partial charge on any atom is -0.386 e. The van der Waals surface area contributed by atoms with Gasteiger partial charge in [-0.05, 0) is 30.7 Å². The van der Waals surface area contributed by atoms with Crippen molar-refractivity contribution in [3.8, 4) is 11.1 Å². The molecule has 2 aromatic rings. The maximum absolute atomic E-state index is 15.0. The highest BCUT2D eigenvalue weighted by Gasteiger charge is 2.45. The number of halogens is 4. The van der Waals surface area contributed by atoms with Crippen LogP contribution in [0.2, 0.25) is 0 Å². The second-order valence-corrected chi connectivity index (χ2v) is 10.0. The lowest BCUT2D eigenvalue weighted by atomic mass is 9.93. The van der Waals surface area contributed by atoms with Gasteiger partial charge in [0.15, 0.2) is 6.10 Å². The highest BCUT2D eigenvalue weighted by Crippen LogP contribution is 2.40. The zero-order valence-corrected chi connectivity index (χ0v) is 18.6. The third kappa shape index (κ3) is 4.73. The molecule has 33 heavy (non-hydrogen) atoms. The Kier molecular flexibility index (Phi) is 5.94. The summed E-state index contributed by atoms with van der Waals surface area (Å²) in [5.41, 5.74) is -2.22. The van der Waals surface area contributed by atoms with Gasteiger partial charge in [-0.15, -0.1) is 0 Å². The van der Waals surface area contributed by atoms with Crippen molar-refractivity contribution in [2.45, 2.75) is 25.1 Å². The SMILES string of the molecule is C[C@]1(F)CN(C2=NOC(c3c(F)cccc3-c3c(F)cccc3F)C2)CC1C=NS(C)(=O)=O. The number of nitrogens with zero attached hydrogens (tertiary/aromatic N) is 3. The predicted octanol–water partition coefficient (Wildman–Crippen LogP) is 4.24. The van der Waals surface area contributed by atoms with Crippen LogP contribution in [0.4, 0.5) is 17.6 Å². The normalized spacial score (nSPS) is 25.5. The third-order valence-electron chi connectivity index (χ3n) is 5.75. The molecule has 0 spiro atoms. The molecular weight excluding hydrogens is 462 g/mol. The molecule has 2 aliphatic heterocycles. The molecule has 0 aliphatic carbocycles. The number of likely N-dealkylation sites (tertiary alicyclic amines) is 1. The van der Waals surface area contributed by atoms with Crippen LogP contribution in [0.5, 0.6) is 0 Å². The quantitative estimate of drug-likeness (QED) is 0.482. The van der Waals surface area contributed by atoms with Crippen LogP contribution in [0.3, 0.4) is 0 Å². The molecule has 0 aromatic heterocycles. The van der Waals surface area contributed by atoms with Crippen molar-refractivity contribution >= 4 is 22.1 Å². The Morgan fingerprint density at radius 1 is 1.15 bits per heavy atom. The van der Waals surface area contributed by atoms with E-state index < -0.39 is 45.2 Å². The van der Waals surface area contributed by atoms with Crippen molar-refractivity contribution in [3.63, 3.8) is 0 Å². The maximum Gasteiger partial charge on any atom is 0.249 e. The highest BCUT2D eigenvalue weighted by molar-refractivity contribution is 7.89. The number of sulfonamides is 1. The van der Waals surface area contributed by atoms with E-state index in [2.05, 4.69) is 9.55 Å². The zero-order valence-electron chi connectivity index (χ0n) is 17.8. The van der Waals surface area contributed by atoms with Crippen LogP contribution in [0.25, 0.3) is 11.1 Å². The largest absolute Gasteiger partial charge is 0.386 e. The minimum atomic E-state index is -3.66. The summed E-state index contributed by atoms with van der Waals surface area (Å²) in [4.78, 5) is 6.99. The average Bonchev–Trinajstić information content (AvgIpc) is 3.30. The van der Waals surface area contributed by atoms with E-state index in [9.17, 15) is 21.6 Å². The molecule has 2 aliphatic rings. The molecule has 176 valence electrons. The van der Waals surface area contributed by atoms with E-state index in [0.717, 1.165) is 30.7 Å². The van der Waals surface area contributed by atoms with Crippen LogP contribution in [0, 0.1) is 23.4 Å². The van der Waals surface area contributed by atoms with E-state index in [1.54, 1.807) is 4.90 Å². The molecule has 3 atom stereocenters. The summed E-state index contributed by atoms with van der Waals surface area (Å²) < 4.78 is 84.7. The molecule has 0 saturated carbocycles. The second kappa shape index (κ2) is 8.44. The zero-order chi connectivity index (χ0) is 24.0. The van der Waals surface area contributed by atoms with E-state index in [1.807, 2.05) is 0 Å². The first-order valence-corrected chi connectivity index (χ1v) is 12.0. The summed E-state index contributed by atoms with van der Waals surface area (Å²) in [7, 11) is -3.66. The number of oxime groups is 1. The number of benzene rings is 2. The van der Waals surface area contributed by atoms with Crippen molar-refractivity contribution in [2.24, 2.45) is 15.5 Å². The lowest BCUT2D eigenvalue weighted by molar-refractivity contribution is 0.0832. The predicted molar refractivity (Wildman–Crippen MR) is 116 cm³/mol. The van der Waals surface area contributed by atoms with Crippen molar-refractivity contribution in [3.05, 3.63) is 59.4 Å². The Morgan fingerprint density at radius 3 is 2.45 bits per heavy atom. The first kappa shape index (κ1) is 23.2. The minimum absolute atomic E-state index is 0.00182. The van der Waals surface area contributed by atoms with Crippen LogP contribution < -0.4 is 0 Å². The van der Waals surface area contributed by atoms with Gasteiger partial charge in [0.2, 0.25) is 10.0 Å². The van der Waals surface area contributed by atoms with Gasteiger partial charge < -0.3 is 9.74 Å². The Balaban J connectivity index is 1.59. The van der Waals surface area contributed by atoms with Gasteiger partial charge in [-0.25, -0.2) is 26.0 Å². The average molecular weight is 483 g/mol. The first-order chi connectivity index (χ1) is 15.5. The number of hydrogen-bond donors (Lipinski definition) is 0. The second-order valence-electron chi connectivity index (χ2n) is 8.36. The summed E-state index contributed by atoms with van der Waals surface area (Å²) in [6, 6.07) is 7.27. The van der Waals surface area contributed by atoms with Crippen molar-refractivity contribution < 1.29 is 30.8 Å². The molecule has 0 bridgehead atoms. The van der Waals surface area contributed by atoms with E-state index >= 15 is 4.39 Å². The van der Waals surface area contributed by atoms with Crippen molar-refractivity contribution in [2.75, 3.05) is 19.3 Å². The van der Waals surface area contributed by atoms with Gasteiger partial charge in [0.1, 0.15) is 29.0 Å². The van der Waals surface area contributed by atoms with Gasteiger partial charge in [-0.1, -0.05) is 23.4 Å². The van der Waals surface area contributed by atoms with E-state index in [4.69, 9.17) is 4.84 Å². The Hall–Kier alpha value is -2.95.